The number of carbonyl (C=O) groups is 2. The molecule has 1 heterocycles. The minimum atomic E-state index is -3.34. The molecule has 1 unspecified atom stereocenters. The van der Waals surface area contributed by atoms with Gasteiger partial charge in [-0.3, -0.25) is 9.10 Å². The van der Waals surface area contributed by atoms with E-state index in [9.17, 15) is 18.0 Å². The van der Waals surface area contributed by atoms with E-state index in [1.54, 1.807) is 12.1 Å². The van der Waals surface area contributed by atoms with Gasteiger partial charge in [-0.1, -0.05) is 24.3 Å². The van der Waals surface area contributed by atoms with Gasteiger partial charge in [-0.2, -0.15) is 0 Å². The number of rotatable bonds is 5. The Morgan fingerprint density at radius 1 is 1.13 bits per heavy atom. The summed E-state index contributed by atoms with van der Waals surface area (Å²) in [4.78, 5) is 24.7. The molecule has 158 valence electrons. The van der Waals surface area contributed by atoms with Gasteiger partial charge in [0.1, 0.15) is 0 Å². The van der Waals surface area contributed by atoms with E-state index in [4.69, 9.17) is 4.74 Å². The van der Waals surface area contributed by atoms with Crippen LogP contribution in [0.15, 0.2) is 42.5 Å². The van der Waals surface area contributed by atoms with Crippen LogP contribution < -0.4 is 9.62 Å². The first kappa shape index (κ1) is 20.4. The molecule has 1 N–H and O–H groups in total. The molecule has 1 aliphatic heterocycles. The maximum absolute atomic E-state index is 12.4. The highest BCUT2D eigenvalue weighted by atomic mass is 32.2. The largest absolute Gasteiger partial charge is 0.452 e. The molecule has 2 aromatic rings. The molecule has 7 nitrogen and oxygen atoms in total. The van der Waals surface area contributed by atoms with Gasteiger partial charge in [0, 0.05) is 6.54 Å². The highest BCUT2D eigenvalue weighted by Gasteiger charge is 2.27. The average Bonchev–Trinajstić information content (AvgIpc) is 3.16. The smallest absolute Gasteiger partial charge is 0.338 e. The van der Waals surface area contributed by atoms with Crippen LogP contribution in [-0.2, 0) is 32.4 Å². The molecule has 2 aromatic carbocycles. The number of amides is 1. The number of ether oxygens (including phenoxy) is 1. The van der Waals surface area contributed by atoms with Crippen LogP contribution in [0.25, 0.3) is 0 Å². The maximum Gasteiger partial charge on any atom is 0.338 e. The van der Waals surface area contributed by atoms with Crippen molar-refractivity contribution in [2.24, 2.45) is 0 Å². The Hall–Kier alpha value is -2.87. The molecule has 0 fully saturated rings. The van der Waals surface area contributed by atoms with Crippen LogP contribution in [0.5, 0.6) is 0 Å². The molecular formula is C22H24N2O5S. The Balaban J connectivity index is 1.36. The minimum absolute atomic E-state index is 0.0666. The Labute approximate surface area is 176 Å². The molecule has 2 aliphatic rings. The predicted octanol–water partition coefficient (Wildman–Crippen LogP) is 2.36. The molecule has 0 radical (unpaired) electrons. The minimum Gasteiger partial charge on any atom is -0.452 e. The van der Waals surface area contributed by atoms with E-state index >= 15 is 0 Å². The van der Waals surface area contributed by atoms with Crippen molar-refractivity contribution >= 4 is 27.6 Å². The number of nitrogens with one attached hydrogen (secondary N) is 1. The fraction of sp³-hybridized carbons (Fsp3) is 0.364. The zero-order chi connectivity index (χ0) is 21.3. The van der Waals surface area contributed by atoms with Gasteiger partial charge >= 0.3 is 5.97 Å². The molecule has 1 aliphatic carbocycles. The second-order valence-corrected chi connectivity index (χ2v) is 9.62. The van der Waals surface area contributed by atoms with Crippen molar-refractivity contribution in [2.45, 2.75) is 31.7 Å². The van der Waals surface area contributed by atoms with Gasteiger partial charge in [0.15, 0.2) is 6.61 Å². The monoisotopic (exact) mass is 428 g/mol. The van der Waals surface area contributed by atoms with E-state index in [0.29, 0.717) is 24.2 Å². The van der Waals surface area contributed by atoms with Gasteiger partial charge in [0.25, 0.3) is 5.91 Å². The van der Waals surface area contributed by atoms with Crippen LogP contribution in [-0.4, -0.2) is 39.7 Å². The van der Waals surface area contributed by atoms with Crippen molar-refractivity contribution in [2.75, 3.05) is 23.7 Å². The van der Waals surface area contributed by atoms with Crippen LogP contribution in [0, 0.1) is 0 Å². The number of nitrogens with zero attached hydrogens (tertiary/aromatic N) is 1. The Kier molecular flexibility index (Phi) is 5.51. The molecule has 0 saturated carbocycles. The van der Waals surface area contributed by atoms with Crippen molar-refractivity contribution in [3.8, 4) is 0 Å². The molecule has 1 atom stereocenters. The first-order valence-corrected chi connectivity index (χ1v) is 11.8. The summed E-state index contributed by atoms with van der Waals surface area (Å²) in [5.41, 5.74) is 4.03. The van der Waals surface area contributed by atoms with E-state index in [2.05, 4.69) is 11.4 Å². The zero-order valence-electron chi connectivity index (χ0n) is 16.8. The summed E-state index contributed by atoms with van der Waals surface area (Å²) < 4.78 is 30.2. The SMILES string of the molecule is CS(=O)(=O)N1CCc2cc(C(=O)OCC(=O)NC3CCCc4ccccc43)ccc21. The Morgan fingerprint density at radius 3 is 2.73 bits per heavy atom. The number of carbonyl (C=O) groups excluding carboxylic acids is 2. The second-order valence-electron chi connectivity index (χ2n) is 7.72. The molecule has 0 aromatic heterocycles. The molecule has 0 bridgehead atoms. The third-order valence-corrected chi connectivity index (χ3v) is 6.79. The summed E-state index contributed by atoms with van der Waals surface area (Å²) in [5.74, 6) is -0.940. The standard InChI is InChI=1S/C22H24N2O5S/c1-30(27,28)24-12-11-16-13-17(9-10-20(16)24)22(26)29-14-21(25)23-19-8-4-6-15-5-2-3-7-18(15)19/h2-3,5,7,9-10,13,19H,4,6,8,11-12,14H2,1H3,(H,23,25). The number of hydrogen-bond acceptors (Lipinski definition) is 5. The summed E-state index contributed by atoms with van der Waals surface area (Å²) in [5, 5.41) is 2.96. The van der Waals surface area contributed by atoms with Gasteiger partial charge in [-0.05, 0) is 60.6 Å². The fourth-order valence-corrected chi connectivity index (χ4v) is 5.16. The van der Waals surface area contributed by atoms with Gasteiger partial charge in [0.2, 0.25) is 10.0 Å². The highest BCUT2D eigenvalue weighted by Crippen LogP contribution is 2.31. The number of benzene rings is 2. The normalized spacial score (nSPS) is 17.8. The molecular weight excluding hydrogens is 404 g/mol. The molecule has 4 rings (SSSR count). The second kappa shape index (κ2) is 8.10. The van der Waals surface area contributed by atoms with Crippen molar-refractivity contribution < 1.29 is 22.7 Å². The summed E-state index contributed by atoms with van der Waals surface area (Å²) >= 11 is 0. The fourth-order valence-electron chi connectivity index (χ4n) is 4.20. The number of fused-ring (bicyclic) bond motifs is 2. The number of anilines is 1. The van der Waals surface area contributed by atoms with Crippen molar-refractivity contribution in [3.05, 3.63) is 64.7 Å². The topological polar surface area (TPSA) is 92.8 Å². The van der Waals surface area contributed by atoms with E-state index in [1.807, 2.05) is 18.2 Å². The van der Waals surface area contributed by atoms with Gasteiger partial charge in [0.05, 0.1) is 23.5 Å². The van der Waals surface area contributed by atoms with E-state index < -0.39 is 16.0 Å². The van der Waals surface area contributed by atoms with Crippen LogP contribution in [0.3, 0.4) is 0 Å². The van der Waals surface area contributed by atoms with E-state index in [1.165, 1.54) is 15.9 Å². The number of sulfonamides is 1. The lowest BCUT2D eigenvalue weighted by Gasteiger charge is -2.26. The lowest BCUT2D eigenvalue weighted by molar-refractivity contribution is -0.125. The van der Waals surface area contributed by atoms with Crippen LogP contribution in [0.2, 0.25) is 0 Å². The molecule has 0 spiro atoms. The molecule has 30 heavy (non-hydrogen) atoms. The highest BCUT2D eigenvalue weighted by molar-refractivity contribution is 7.92. The predicted molar refractivity (Wildman–Crippen MR) is 113 cm³/mol. The first-order valence-electron chi connectivity index (χ1n) is 9.98. The zero-order valence-corrected chi connectivity index (χ0v) is 17.6. The number of esters is 1. The number of aryl methyl sites for hydroxylation is 1. The maximum atomic E-state index is 12.4. The van der Waals surface area contributed by atoms with E-state index in [-0.39, 0.29) is 18.6 Å². The van der Waals surface area contributed by atoms with Crippen molar-refractivity contribution in [1.82, 2.24) is 5.32 Å². The van der Waals surface area contributed by atoms with E-state index in [0.717, 1.165) is 36.6 Å². The lowest BCUT2D eigenvalue weighted by Crippen LogP contribution is -2.34. The molecule has 8 heteroatoms. The van der Waals surface area contributed by atoms with Gasteiger partial charge in [-0.15, -0.1) is 0 Å². The average molecular weight is 429 g/mol. The van der Waals surface area contributed by atoms with Gasteiger partial charge in [-0.25, -0.2) is 13.2 Å². The molecule has 0 saturated heterocycles. The van der Waals surface area contributed by atoms with Crippen LogP contribution >= 0.6 is 0 Å². The first-order chi connectivity index (χ1) is 14.3. The van der Waals surface area contributed by atoms with Crippen molar-refractivity contribution in [1.29, 1.82) is 0 Å². The molecule has 1 amide bonds. The van der Waals surface area contributed by atoms with Crippen LogP contribution in [0.1, 0.15) is 45.9 Å². The third kappa shape index (κ3) is 4.18. The third-order valence-electron chi connectivity index (χ3n) is 5.61. The Bertz CT molecular complexity index is 1100. The van der Waals surface area contributed by atoms with Gasteiger partial charge < -0.3 is 10.1 Å². The lowest BCUT2D eigenvalue weighted by atomic mass is 9.88. The summed E-state index contributed by atoms with van der Waals surface area (Å²) in [6.07, 6.45) is 4.56. The Morgan fingerprint density at radius 2 is 1.93 bits per heavy atom. The summed E-state index contributed by atoms with van der Waals surface area (Å²) in [7, 11) is -3.34. The summed E-state index contributed by atoms with van der Waals surface area (Å²) in [6, 6.07) is 12.8. The van der Waals surface area contributed by atoms with Crippen LogP contribution in [0.4, 0.5) is 5.69 Å². The quantitative estimate of drug-likeness (QED) is 0.738. The van der Waals surface area contributed by atoms with Crippen molar-refractivity contribution in [3.63, 3.8) is 0 Å². The number of hydrogen-bond donors (Lipinski definition) is 1. The summed E-state index contributed by atoms with van der Waals surface area (Å²) in [6.45, 7) is 0.00197.